The molecule has 0 bridgehead atoms. The summed E-state index contributed by atoms with van der Waals surface area (Å²) in [4.78, 5) is 31.3. The van der Waals surface area contributed by atoms with Crippen LogP contribution in [0.3, 0.4) is 0 Å². The topological polar surface area (TPSA) is 87.6 Å². The van der Waals surface area contributed by atoms with Crippen LogP contribution in [0.2, 0.25) is 0 Å². The summed E-state index contributed by atoms with van der Waals surface area (Å²) in [7, 11) is -4.08. The van der Waals surface area contributed by atoms with Crippen LogP contribution in [0.15, 0.2) is 82.4 Å². The molecule has 1 aliphatic heterocycles. The monoisotopic (exact) mass is 625 g/mol. The van der Waals surface area contributed by atoms with Crippen molar-refractivity contribution in [2.75, 3.05) is 4.90 Å². The second-order valence-corrected chi connectivity index (χ2v) is 11.2. The van der Waals surface area contributed by atoms with Crippen LogP contribution in [-0.2, 0) is 26.2 Å². The zero-order chi connectivity index (χ0) is 22.9. The van der Waals surface area contributed by atoms with E-state index < -0.39 is 27.9 Å². The summed E-state index contributed by atoms with van der Waals surface area (Å²) < 4.78 is 29.9. The second-order valence-electron chi connectivity index (χ2n) is 7.13. The van der Waals surface area contributed by atoms with Crippen LogP contribution in [0.5, 0.6) is 0 Å². The van der Waals surface area contributed by atoms with Crippen LogP contribution in [0.1, 0.15) is 12.0 Å². The fourth-order valence-corrected chi connectivity index (χ4v) is 5.67. The van der Waals surface area contributed by atoms with Gasteiger partial charge in [-0.15, -0.1) is 0 Å². The molecule has 0 saturated carbocycles. The number of sulfonamides is 1. The van der Waals surface area contributed by atoms with Crippen LogP contribution in [0.4, 0.5) is 5.69 Å². The molecule has 0 spiro atoms. The van der Waals surface area contributed by atoms with Crippen molar-refractivity contribution >= 4 is 66.0 Å². The smallest absolute Gasteiger partial charge is 0.252 e. The highest BCUT2D eigenvalue weighted by molar-refractivity contribution is 14.1. The third kappa shape index (κ3) is 4.63. The van der Waals surface area contributed by atoms with Gasteiger partial charge in [-0.05, 0) is 82.8 Å². The summed E-state index contributed by atoms with van der Waals surface area (Å²) >= 11 is 5.43. The molecule has 2 aromatic carbocycles. The number of carbonyl (C=O) groups is 2. The highest BCUT2D eigenvalue weighted by Crippen LogP contribution is 2.31. The molecule has 1 fully saturated rings. The second kappa shape index (κ2) is 9.38. The van der Waals surface area contributed by atoms with Crippen molar-refractivity contribution in [2.24, 2.45) is 0 Å². The molecule has 2 amide bonds. The highest BCUT2D eigenvalue weighted by Gasteiger charge is 2.47. The van der Waals surface area contributed by atoms with Crippen molar-refractivity contribution in [1.82, 2.24) is 9.29 Å². The molecule has 3 aromatic rings. The normalized spacial score (nSPS) is 16.7. The van der Waals surface area contributed by atoms with E-state index in [1.807, 2.05) is 0 Å². The molecule has 7 nitrogen and oxygen atoms in total. The molecule has 164 valence electrons. The summed E-state index contributed by atoms with van der Waals surface area (Å²) in [5, 5.41) is 0. The first-order valence-corrected chi connectivity index (χ1v) is 12.9. The van der Waals surface area contributed by atoms with Crippen LogP contribution in [-0.4, -0.2) is 35.6 Å². The first-order valence-electron chi connectivity index (χ1n) is 9.56. The molecule has 0 aliphatic carbocycles. The van der Waals surface area contributed by atoms with E-state index in [0.717, 1.165) is 17.2 Å². The number of rotatable bonds is 6. The number of nitrogens with zero attached hydrogens (tertiary/aromatic N) is 3. The number of anilines is 1. The van der Waals surface area contributed by atoms with E-state index in [2.05, 4.69) is 43.5 Å². The summed E-state index contributed by atoms with van der Waals surface area (Å²) in [5.74, 6) is -1.01. The Hall–Kier alpha value is -2.15. The lowest BCUT2D eigenvalue weighted by atomic mass is 10.2. The lowest BCUT2D eigenvalue weighted by molar-refractivity contribution is -0.122. The molecule has 2 heterocycles. The van der Waals surface area contributed by atoms with Crippen molar-refractivity contribution in [3.8, 4) is 0 Å². The largest absolute Gasteiger partial charge is 0.274 e. The van der Waals surface area contributed by atoms with E-state index in [4.69, 9.17) is 0 Å². The molecule has 32 heavy (non-hydrogen) atoms. The molecule has 0 radical (unpaired) electrons. The fraction of sp³-hybridized carbons (Fsp3) is 0.136. The number of pyridine rings is 1. The van der Waals surface area contributed by atoms with E-state index in [1.165, 1.54) is 12.1 Å². The first-order chi connectivity index (χ1) is 15.3. The van der Waals surface area contributed by atoms with Gasteiger partial charge in [-0.2, -0.15) is 4.31 Å². The average molecular weight is 626 g/mol. The Morgan fingerprint density at radius 2 is 1.75 bits per heavy atom. The zero-order valence-electron chi connectivity index (χ0n) is 16.6. The maximum absolute atomic E-state index is 13.6. The fourth-order valence-electron chi connectivity index (χ4n) is 3.48. The van der Waals surface area contributed by atoms with Gasteiger partial charge in [0.15, 0.2) is 0 Å². The van der Waals surface area contributed by atoms with Gasteiger partial charge in [0, 0.05) is 27.0 Å². The Morgan fingerprint density at radius 3 is 2.38 bits per heavy atom. The van der Waals surface area contributed by atoms with Crippen molar-refractivity contribution < 1.29 is 18.0 Å². The molecule has 1 unspecified atom stereocenters. The Morgan fingerprint density at radius 1 is 1.06 bits per heavy atom. The SMILES string of the molecule is O=C1CC(N(Cc2cccnc2)S(=O)(=O)c2ccc(Br)cc2)C(=O)N1c1ccc(I)cc1. The molecule has 1 saturated heterocycles. The summed E-state index contributed by atoms with van der Waals surface area (Å²) in [6.07, 6.45) is 2.89. The van der Waals surface area contributed by atoms with E-state index in [0.29, 0.717) is 11.3 Å². The van der Waals surface area contributed by atoms with Crippen molar-refractivity contribution in [1.29, 1.82) is 0 Å². The van der Waals surface area contributed by atoms with Crippen molar-refractivity contribution in [2.45, 2.75) is 23.9 Å². The minimum absolute atomic E-state index is 0.0394. The van der Waals surface area contributed by atoms with Crippen LogP contribution >= 0.6 is 38.5 Å². The summed E-state index contributed by atoms with van der Waals surface area (Å²) in [6, 6.07) is 15.4. The van der Waals surface area contributed by atoms with E-state index >= 15 is 0 Å². The standard InChI is InChI=1S/C22H17BrIN3O4S/c23-16-3-9-19(10-4-16)32(30,31)26(14-15-2-1-11-25-13-15)20-12-21(28)27(22(20)29)18-7-5-17(24)6-8-18/h1-11,13,20H,12,14H2. The van der Waals surface area contributed by atoms with Gasteiger partial charge in [-0.3, -0.25) is 14.6 Å². The van der Waals surface area contributed by atoms with Gasteiger partial charge in [0.25, 0.3) is 5.91 Å². The molecule has 4 rings (SSSR count). The number of imide groups is 1. The van der Waals surface area contributed by atoms with Crippen molar-refractivity contribution in [3.63, 3.8) is 0 Å². The third-order valence-corrected chi connectivity index (χ3v) is 8.15. The third-order valence-electron chi connectivity index (χ3n) is 5.04. The number of hydrogen-bond acceptors (Lipinski definition) is 5. The summed E-state index contributed by atoms with van der Waals surface area (Å²) in [5.41, 5.74) is 1.03. The van der Waals surface area contributed by atoms with E-state index in [-0.39, 0.29) is 17.9 Å². The number of aromatic nitrogens is 1. The van der Waals surface area contributed by atoms with E-state index in [1.54, 1.807) is 60.9 Å². The Kier molecular flexibility index (Phi) is 6.75. The number of amides is 2. The molecule has 1 atom stereocenters. The molecule has 1 aromatic heterocycles. The van der Waals surface area contributed by atoms with Gasteiger partial charge < -0.3 is 0 Å². The van der Waals surface area contributed by atoms with E-state index in [9.17, 15) is 18.0 Å². The Labute approximate surface area is 207 Å². The molecular weight excluding hydrogens is 609 g/mol. The minimum Gasteiger partial charge on any atom is -0.274 e. The first kappa shape index (κ1) is 23.0. The maximum Gasteiger partial charge on any atom is 0.252 e. The molecule has 10 heteroatoms. The number of carbonyl (C=O) groups excluding carboxylic acids is 2. The zero-order valence-corrected chi connectivity index (χ0v) is 21.1. The van der Waals surface area contributed by atoms with Gasteiger partial charge >= 0.3 is 0 Å². The lowest BCUT2D eigenvalue weighted by Crippen LogP contribution is -2.45. The quantitative estimate of drug-likeness (QED) is 0.306. The predicted molar refractivity (Wildman–Crippen MR) is 131 cm³/mol. The van der Waals surface area contributed by atoms with Gasteiger partial charge in [-0.1, -0.05) is 22.0 Å². The average Bonchev–Trinajstić information content (AvgIpc) is 3.07. The van der Waals surface area contributed by atoms with Crippen LogP contribution in [0, 0.1) is 3.57 Å². The van der Waals surface area contributed by atoms with Crippen molar-refractivity contribution in [3.05, 3.63) is 86.7 Å². The number of benzene rings is 2. The van der Waals surface area contributed by atoms with Gasteiger partial charge in [0.2, 0.25) is 15.9 Å². The molecule has 0 N–H and O–H groups in total. The minimum atomic E-state index is -4.08. The number of hydrogen-bond donors (Lipinski definition) is 0. The Bertz CT molecular complexity index is 1250. The van der Waals surface area contributed by atoms with Crippen LogP contribution in [0.25, 0.3) is 0 Å². The van der Waals surface area contributed by atoms with Gasteiger partial charge in [0.05, 0.1) is 17.0 Å². The lowest BCUT2D eigenvalue weighted by Gasteiger charge is -2.27. The predicted octanol–water partition coefficient (Wildman–Crippen LogP) is 3.97. The van der Waals surface area contributed by atoms with Gasteiger partial charge in [0.1, 0.15) is 6.04 Å². The Balaban J connectivity index is 1.74. The maximum atomic E-state index is 13.6. The van der Waals surface area contributed by atoms with Gasteiger partial charge in [-0.25, -0.2) is 13.3 Å². The van der Waals surface area contributed by atoms with Crippen LogP contribution < -0.4 is 4.90 Å². The number of halogens is 2. The highest BCUT2D eigenvalue weighted by atomic mass is 127. The molecular formula is C22H17BrIN3O4S. The summed E-state index contributed by atoms with van der Waals surface area (Å²) in [6.45, 7) is -0.0869. The molecule has 1 aliphatic rings.